The molecular formula is C14H22N4O4S. The van der Waals surface area contributed by atoms with Crippen LogP contribution >= 0.6 is 0 Å². The minimum atomic E-state index is -3.57. The normalized spacial score (nSPS) is 25.0. The Hall–Kier alpha value is -1.45. The molecule has 23 heavy (non-hydrogen) atoms. The first-order valence-corrected chi connectivity index (χ1v) is 9.08. The maximum absolute atomic E-state index is 12.6. The van der Waals surface area contributed by atoms with Crippen molar-refractivity contribution in [3.8, 4) is 0 Å². The number of carbonyl (C=O) groups is 1. The van der Waals surface area contributed by atoms with Gasteiger partial charge in [-0.05, 0) is 12.8 Å². The first-order chi connectivity index (χ1) is 10.9. The zero-order chi connectivity index (χ0) is 16.7. The predicted molar refractivity (Wildman–Crippen MR) is 82.0 cm³/mol. The summed E-state index contributed by atoms with van der Waals surface area (Å²) in [4.78, 5) is 16.0. The van der Waals surface area contributed by atoms with Gasteiger partial charge in [0, 0.05) is 45.4 Å². The van der Waals surface area contributed by atoms with Crippen molar-refractivity contribution >= 4 is 15.9 Å². The summed E-state index contributed by atoms with van der Waals surface area (Å²) >= 11 is 0. The molecule has 1 aromatic rings. The highest BCUT2D eigenvalue weighted by Gasteiger charge is 2.50. The summed E-state index contributed by atoms with van der Waals surface area (Å²) in [5.41, 5.74) is -0.205. The Morgan fingerprint density at radius 2 is 2.13 bits per heavy atom. The Morgan fingerprint density at radius 3 is 2.70 bits per heavy atom. The number of carbonyl (C=O) groups excluding carboxylic acids is 1. The van der Waals surface area contributed by atoms with E-state index in [0.29, 0.717) is 39.1 Å². The lowest BCUT2D eigenvalue weighted by molar-refractivity contribution is -0.126. The molecule has 3 rings (SSSR count). The van der Waals surface area contributed by atoms with Gasteiger partial charge in [0.1, 0.15) is 0 Å². The lowest BCUT2D eigenvalue weighted by atomic mass is 9.71. The maximum Gasteiger partial charge on any atom is 0.262 e. The van der Waals surface area contributed by atoms with Gasteiger partial charge in [0.2, 0.25) is 5.91 Å². The summed E-state index contributed by atoms with van der Waals surface area (Å²) in [6, 6.07) is 0. The first-order valence-electron chi connectivity index (χ1n) is 7.64. The van der Waals surface area contributed by atoms with Gasteiger partial charge in [-0.15, -0.1) is 0 Å². The molecule has 9 heteroatoms. The number of amides is 1. The molecule has 2 fully saturated rings. The molecule has 1 amide bonds. The molecule has 1 atom stereocenters. The van der Waals surface area contributed by atoms with Crippen LogP contribution in [0.3, 0.4) is 0 Å². The lowest BCUT2D eigenvalue weighted by Crippen LogP contribution is -2.47. The van der Waals surface area contributed by atoms with Crippen LogP contribution in [0, 0.1) is 11.3 Å². The zero-order valence-corrected chi connectivity index (χ0v) is 14.2. The van der Waals surface area contributed by atoms with Crippen molar-refractivity contribution < 1.29 is 17.9 Å². The third-order valence-electron chi connectivity index (χ3n) is 5.01. The van der Waals surface area contributed by atoms with E-state index in [1.54, 1.807) is 18.7 Å². The highest BCUT2D eigenvalue weighted by Crippen LogP contribution is 2.43. The predicted octanol–water partition coefficient (Wildman–Crippen LogP) is -0.417. The first kappa shape index (κ1) is 16.4. The smallest absolute Gasteiger partial charge is 0.262 e. The summed E-state index contributed by atoms with van der Waals surface area (Å²) in [7, 11) is -0.244. The summed E-state index contributed by atoms with van der Waals surface area (Å²) < 4.78 is 33.5. The van der Waals surface area contributed by atoms with Crippen molar-refractivity contribution in [2.24, 2.45) is 18.4 Å². The van der Waals surface area contributed by atoms with Crippen molar-refractivity contribution in [1.82, 2.24) is 19.2 Å². The number of nitrogens with one attached hydrogen (secondary N) is 1. The molecule has 0 aliphatic carbocycles. The molecule has 1 spiro atoms. The number of hydrogen-bond donors (Lipinski definition) is 1. The Morgan fingerprint density at radius 1 is 1.43 bits per heavy atom. The van der Waals surface area contributed by atoms with Gasteiger partial charge in [0.25, 0.3) is 10.0 Å². The van der Waals surface area contributed by atoms with E-state index >= 15 is 0 Å². The molecule has 2 aliphatic rings. The van der Waals surface area contributed by atoms with E-state index in [-0.39, 0.29) is 22.3 Å². The van der Waals surface area contributed by atoms with Gasteiger partial charge in [-0.1, -0.05) is 0 Å². The van der Waals surface area contributed by atoms with Gasteiger partial charge < -0.3 is 14.6 Å². The van der Waals surface area contributed by atoms with Crippen LogP contribution < -0.4 is 5.32 Å². The number of nitrogens with zero attached hydrogens (tertiary/aromatic N) is 3. The number of methoxy groups -OCH3 is 1. The van der Waals surface area contributed by atoms with Gasteiger partial charge in [0.15, 0.2) is 5.03 Å². The van der Waals surface area contributed by atoms with E-state index < -0.39 is 10.0 Å². The molecule has 0 radical (unpaired) electrons. The average Bonchev–Trinajstić information content (AvgIpc) is 3.08. The van der Waals surface area contributed by atoms with Crippen LogP contribution in [0.1, 0.15) is 12.8 Å². The van der Waals surface area contributed by atoms with Crippen molar-refractivity contribution in [2.45, 2.75) is 17.9 Å². The topological polar surface area (TPSA) is 93.5 Å². The number of piperidine rings is 1. The maximum atomic E-state index is 12.6. The summed E-state index contributed by atoms with van der Waals surface area (Å²) in [6.45, 7) is 1.76. The van der Waals surface area contributed by atoms with Crippen LogP contribution in [0.4, 0.5) is 0 Å². The number of imidazole rings is 1. The molecule has 0 aromatic carbocycles. The molecule has 3 heterocycles. The standard InChI is InChI=1S/C14H22N4O4S/c1-17-7-12(16-10-17)23(20,21)18-5-3-14(4-6-18)9-15-13(19)11(14)8-22-2/h7,10-11H,3-6,8-9H2,1-2H3,(H,15,19). The third kappa shape index (κ3) is 2.77. The fourth-order valence-corrected chi connectivity index (χ4v) is 4.97. The van der Waals surface area contributed by atoms with Crippen molar-refractivity contribution in [3.05, 3.63) is 12.5 Å². The fraction of sp³-hybridized carbons (Fsp3) is 0.714. The molecule has 0 bridgehead atoms. The van der Waals surface area contributed by atoms with Crippen LogP contribution in [0.15, 0.2) is 17.6 Å². The van der Waals surface area contributed by atoms with E-state index in [2.05, 4.69) is 10.3 Å². The summed E-state index contributed by atoms with van der Waals surface area (Å²) in [6.07, 6.45) is 4.28. The second-order valence-corrected chi connectivity index (χ2v) is 8.25. The van der Waals surface area contributed by atoms with Gasteiger partial charge in [-0.25, -0.2) is 13.4 Å². The average molecular weight is 342 g/mol. The SMILES string of the molecule is COCC1C(=O)NCC12CCN(S(=O)(=O)c1cn(C)cn1)CC2. The van der Waals surface area contributed by atoms with Gasteiger partial charge in [-0.2, -0.15) is 4.31 Å². The van der Waals surface area contributed by atoms with Gasteiger partial charge in [-0.3, -0.25) is 4.79 Å². The number of sulfonamides is 1. The minimum absolute atomic E-state index is 0.00730. The zero-order valence-electron chi connectivity index (χ0n) is 13.4. The largest absolute Gasteiger partial charge is 0.384 e. The molecule has 1 unspecified atom stereocenters. The number of ether oxygens (including phenoxy) is 1. The Labute approximate surface area is 135 Å². The van der Waals surface area contributed by atoms with Crippen LogP contribution in [0.5, 0.6) is 0 Å². The Kier molecular flexibility index (Phi) is 4.19. The Bertz CT molecular complexity index is 691. The molecule has 8 nitrogen and oxygen atoms in total. The molecule has 1 aromatic heterocycles. The van der Waals surface area contributed by atoms with E-state index in [9.17, 15) is 13.2 Å². The molecule has 0 saturated carbocycles. The van der Waals surface area contributed by atoms with Crippen LogP contribution in [0.2, 0.25) is 0 Å². The second-order valence-electron chi connectivity index (χ2n) is 6.37. The number of hydrogen-bond acceptors (Lipinski definition) is 5. The van der Waals surface area contributed by atoms with Gasteiger partial charge >= 0.3 is 0 Å². The quantitative estimate of drug-likeness (QED) is 0.802. The van der Waals surface area contributed by atoms with E-state index in [4.69, 9.17) is 4.74 Å². The lowest BCUT2D eigenvalue weighted by Gasteiger charge is -2.40. The monoisotopic (exact) mass is 342 g/mol. The van der Waals surface area contributed by atoms with Crippen molar-refractivity contribution in [2.75, 3.05) is 33.4 Å². The third-order valence-corrected chi connectivity index (χ3v) is 6.79. The van der Waals surface area contributed by atoms with Crippen LogP contribution in [-0.2, 0) is 26.6 Å². The van der Waals surface area contributed by atoms with E-state index in [1.807, 2.05) is 0 Å². The van der Waals surface area contributed by atoms with Crippen molar-refractivity contribution in [1.29, 1.82) is 0 Å². The van der Waals surface area contributed by atoms with E-state index in [0.717, 1.165) is 0 Å². The minimum Gasteiger partial charge on any atom is -0.384 e. The summed E-state index contributed by atoms with van der Waals surface area (Å²) in [5.74, 6) is -0.194. The highest BCUT2D eigenvalue weighted by atomic mass is 32.2. The number of aromatic nitrogens is 2. The van der Waals surface area contributed by atoms with Crippen LogP contribution in [0.25, 0.3) is 0 Å². The number of rotatable bonds is 4. The molecule has 1 N–H and O–H groups in total. The van der Waals surface area contributed by atoms with Gasteiger partial charge in [0.05, 0.1) is 18.9 Å². The fourth-order valence-electron chi connectivity index (χ4n) is 3.56. The Balaban J connectivity index is 1.74. The van der Waals surface area contributed by atoms with E-state index in [1.165, 1.54) is 16.8 Å². The van der Waals surface area contributed by atoms with Crippen LogP contribution in [-0.4, -0.2) is 61.5 Å². The number of aryl methyl sites for hydroxylation is 1. The molecular weight excluding hydrogens is 320 g/mol. The second kappa shape index (κ2) is 5.88. The highest BCUT2D eigenvalue weighted by molar-refractivity contribution is 7.89. The summed E-state index contributed by atoms with van der Waals surface area (Å²) in [5, 5.41) is 2.98. The molecule has 128 valence electrons. The molecule has 2 aliphatic heterocycles. The molecule has 2 saturated heterocycles. The van der Waals surface area contributed by atoms with Crippen molar-refractivity contribution in [3.63, 3.8) is 0 Å².